The van der Waals surface area contributed by atoms with Gasteiger partial charge in [-0.1, -0.05) is 0 Å². The van der Waals surface area contributed by atoms with Crippen LogP contribution in [0.25, 0.3) is 5.65 Å². The molecular weight excluding hydrogens is 346 g/mol. The predicted octanol–water partition coefficient (Wildman–Crippen LogP) is 1.52. The molecule has 8 heteroatoms. The third-order valence-electron chi connectivity index (χ3n) is 5.61. The van der Waals surface area contributed by atoms with Gasteiger partial charge in [-0.05, 0) is 25.8 Å². The van der Waals surface area contributed by atoms with Gasteiger partial charge in [0.1, 0.15) is 11.6 Å². The Hall–Kier alpha value is -2.50. The summed E-state index contributed by atoms with van der Waals surface area (Å²) in [6.07, 6.45) is 4.02. The lowest BCUT2D eigenvalue weighted by Gasteiger charge is -2.37. The molecule has 27 heavy (non-hydrogen) atoms. The van der Waals surface area contributed by atoms with Crippen molar-refractivity contribution < 1.29 is 14.3 Å². The number of likely N-dealkylation sites (tertiary alicyclic amines) is 1. The van der Waals surface area contributed by atoms with Gasteiger partial charge in [-0.3, -0.25) is 4.79 Å². The van der Waals surface area contributed by atoms with Gasteiger partial charge in [0.15, 0.2) is 11.4 Å². The second-order valence-electron chi connectivity index (χ2n) is 7.16. The topological polar surface area (TPSA) is 92.8 Å². The Morgan fingerprint density at radius 3 is 2.67 bits per heavy atom. The molecule has 1 amide bonds. The van der Waals surface area contributed by atoms with Gasteiger partial charge in [0.05, 0.1) is 19.4 Å². The third kappa shape index (κ3) is 3.17. The van der Waals surface area contributed by atoms with Crippen LogP contribution in [-0.4, -0.2) is 57.5 Å². The predicted molar refractivity (Wildman–Crippen MR) is 95.9 cm³/mol. The molecule has 1 spiro atoms. The molecule has 2 aromatic rings. The highest BCUT2D eigenvalue weighted by atomic mass is 16.7. The molecule has 4 rings (SSSR count). The summed E-state index contributed by atoms with van der Waals surface area (Å²) in [6, 6.07) is 2.11. The van der Waals surface area contributed by atoms with Crippen molar-refractivity contribution in [3.63, 3.8) is 0 Å². The Morgan fingerprint density at radius 2 is 2.00 bits per heavy atom. The van der Waals surface area contributed by atoms with E-state index in [2.05, 4.69) is 16.2 Å². The van der Waals surface area contributed by atoms with Crippen LogP contribution in [0.3, 0.4) is 0 Å². The molecule has 4 heterocycles. The molecule has 2 aliphatic rings. The van der Waals surface area contributed by atoms with E-state index in [1.54, 1.807) is 4.52 Å². The van der Waals surface area contributed by atoms with Crippen molar-refractivity contribution in [3.05, 3.63) is 28.7 Å². The maximum absolute atomic E-state index is 12.7. The molecule has 0 radical (unpaired) electrons. The van der Waals surface area contributed by atoms with Crippen molar-refractivity contribution >= 4 is 11.6 Å². The lowest BCUT2D eigenvalue weighted by atomic mass is 10.0. The molecule has 2 saturated heterocycles. The van der Waals surface area contributed by atoms with Crippen LogP contribution in [0.1, 0.15) is 41.8 Å². The Morgan fingerprint density at radius 1 is 1.30 bits per heavy atom. The number of hydrogen-bond acceptors (Lipinski definition) is 6. The van der Waals surface area contributed by atoms with E-state index < -0.39 is 5.79 Å². The number of carbonyl (C=O) groups excluding carboxylic acids is 1. The summed E-state index contributed by atoms with van der Waals surface area (Å²) in [7, 11) is 0. The van der Waals surface area contributed by atoms with E-state index >= 15 is 0 Å². The summed E-state index contributed by atoms with van der Waals surface area (Å²) in [5.41, 5.74) is 3.81. The van der Waals surface area contributed by atoms with E-state index in [1.807, 2.05) is 18.7 Å². The van der Waals surface area contributed by atoms with E-state index in [-0.39, 0.29) is 5.91 Å². The molecule has 0 N–H and O–H groups in total. The Kier molecular flexibility index (Phi) is 4.58. The van der Waals surface area contributed by atoms with E-state index in [9.17, 15) is 4.79 Å². The standard InChI is InChI=1S/C19H23N5O3/c1-13-16(14(2)24-18(22-13)15(11-20)12-21-24)3-4-17(25)23-7-5-19(6-8-23)26-9-10-27-19/h12H,3-10H2,1-2H3. The minimum Gasteiger partial charge on any atom is -0.347 e. The largest absolute Gasteiger partial charge is 0.347 e. The van der Waals surface area contributed by atoms with E-state index in [0.717, 1.165) is 29.8 Å². The summed E-state index contributed by atoms with van der Waals surface area (Å²) >= 11 is 0. The fraction of sp³-hybridized carbons (Fsp3) is 0.579. The van der Waals surface area contributed by atoms with Crippen molar-refractivity contribution in [2.45, 2.75) is 45.3 Å². The summed E-state index contributed by atoms with van der Waals surface area (Å²) in [6.45, 7) is 6.48. The molecule has 0 bridgehead atoms. The number of aryl methyl sites for hydroxylation is 2. The summed E-state index contributed by atoms with van der Waals surface area (Å²) in [4.78, 5) is 19.1. The van der Waals surface area contributed by atoms with Crippen molar-refractivity contribution in [1.29, 1.82) is 5.26 Å². The number of amides is 1. The molecular formula is C19H23N5O3. The van der Waals surface area contributed by atoms with Crippen LogP contribution in [-0.2, 0) is 20.7 Å². The average molecular weight is 369 g/mol. The number of fused-ring (bicyclic) bond motifs is 1. The normalized spacial score (nSPS) is 18.9. The van der Waals surface area contributed by atoms with Gasteiger partial charge in [0, 0.05) is 43.7 Å². The van der Waals surface area contributed by atoms with Gasteiger partial charge in [-0.2, -0.15) is 10.4 Å². The number of hydrogen-bond donors (Lipinski definition) is 0. The number of aromatic nitrogens is 3. The van der Waals surface area contributed by atoms with Crippen LogP contribution < -0.4 is 0 Å². The van der Waals surface area contributed by atoms with Crippen LogP contribution in [0, 0.1) is 25.2 Å². The molecule has 2 aliphatic heterocycles. The monoisotopic (exact) mass is 369 g/mol. The SMILES string of the molecule is Cc1nc2c(C#N)cnn2c(C)c1CCC(=O)N1CCC2(CC1)OCCO2. The maximum atomic E-state index is 12.7. The first kappa shape index (κ1) is 17.9. The zero-order chi connectivity index (χ0) is 19.0. The van der Waals surface area contributed by atoms with Gasteiger partial charge >= 0.3 is 0 Å². The van der Waals surface area contributed by atoms with E-state index in [4.69, 9.17) is 14.7 Å². The smallest absolute Gasteiger partial charge is 0.222 e. The van der Waals surface area contributed by atoms with E-state index in [0.29, 0.717) is 50.4 Å². The zero-order valence-electron chi connectivity index (χ0n) is 15.7. The van der Waals surface area contributed by atoms with Gasteiger partial charge in [-0.15, -0.1) is 0 Å². The van der Waals surface area contributed by atoms with Crippen LogP contribution >= 0.6 is 0 Å². The molecule has 2 fully saturated rings. The first-order valence-corrected chi connectivity index (χ1v) is 9.32. The molecule has 8 nitrogen and oxygen atoms in total. The van der Waals surface area contributed by atoms with Gasteiger partial charge < -0.3 is 14.4 Å². The lowest BCUT2D eigenvalue weighted by molar-refractivity contribution is -0.187. The quantitative estimate of drug-likeness (QED) is 0.814. The lowest BCUT2D eigenvalue weighted by Crippen LogP contribution is -2.47. The minimum atomic E-state index is -0.461. The number of nitrogens with zero attached hydrogens (tertiary/aromatic N) is 5. The Labute approximate surface area is 157 Å². The van der Waals surface area contributed by atoms with Crippen LogP contribution in [0.5, 0.6) is 0 Å². The fourth-order valence-corrected chi connectivity index (χ4v) is 4.02. The number of carbonyl (C=O) groups is 1. The third-order valence-corrected chi connectivity index (χ3v) is 5.61. The number of piperidine rings is 1. The molecule has 2 aromatic heterocycles. The number of ether oxygens (including phenoxy) is 2. The molecule has 0 saturated carbocycles. The zero-order valence-corrected chi connectivity index (χ0v) is 15.7. The summed E-state index contributed by atoms with van der Waals surface area (Å²) in [5.74, 6) is -0.322. The first-order valence-electron chi connectivity index (χ1n) is 9.32. The summed E-state index contributed by atoms with van der Waals surface area (Å²) in [5, 5.41) is 13.4. The molecule has 0 aromatic carbocycles. The number of nitriles is 1. The highest BCUT2D eigenvalue weighted by molar-refractivity contribution is 5.76. The minimum absolute atomic E-state index is 0.139. The molecule has 0 aliphatic carbocycles. The first-order chi connectivity index (χ1) is 13.0. The molecule has 0 unspecified atom stereocenters. The number of rotatable bonds is 3. The Balaban J connectivity index is 1.43. The van der Waals surface area contributed by atoms with E-state index in [1.165, 1.54) is 6.20 Å². The molecule has 142 valence electrons. The van der Waals surface area contributed by atoms with Gasteiger partial charge in [0.2, 0.25) is 5.91 Å². The van der Waals surface area contributed by atoms with Crippen molar-refractivity contribution in [2.24, 2.45) is 0 Å². The second kappa shape index (κ2) is 6.91. The highest BCUT2D eigenvalue weighted by Gasteiger charge is 2.40. The maximum Gasteiger partial charge on any atom is 0.222 e. The van der Waals surface area contributed by atoms with Crippen molar-refractivity contribution in [2.75, 3.05) is 26.3 Å². The molecule has 0 atom stereocenters. The van der Waals surface area contributed by atoms with Gasteiger partial charge in [0.25, 0.3) is 0 Å². The average Bonchev–Trinajstić information content (AvgIpc) is 3.29. The second-order valence-corrected chi connectivity index (χ2v) is 7.16. The van der Waals surface area contributed by atoms with Crippen LogP contribution in [0.2, 0.25) is 0 Å². The van der Waals surface area contributed by atoms with Gasteiger partial charge in [-0.25, -0.2) is 9.50 Å². The van der Waals surface area contributed by atoms with Crippen LogP contribution in [0.4, 0.5) is 0 Å². The Bertz CT molecular complexity index is 914. The highest BCUT2D eigenvalue weighted by Crippen LogP contribution is 2.31. The fourth-order valence-electron chi connectivity index (χ4n) is 4.02. The van der Waals surface area contributed by atoms with Crippen molar-refractivity contribution in [1.82, 2.24) is 19.5 Å². The van der Waals surface area contributed by atoms with Crippen LogP contribution in [0.15, 0.2) is 6.20 Å². The summed E-state index contributed by atoms with van der Waals surface area (Å²) < 4.78 is 13.1. The van der Waals surface area contributed by atoms with Crippen molar-refractivity contribution in [3.8, 4) is 6.07 Å².